The second-order valence-electron chi connectivity index (χ2n) is 4.17. The smallest absolute Gasteiger partial charge is 0.266 e. The molecule has 0 atom stereocenters. The molecule has 1 aliphatic heterocycles. The number of hydrogen-bond donors (Lipinski definition) is 1. The van der Waals surface area contributed by atoms with Crippen molar-refractivity contribution in [2.75, 3.05) is 27.4 Å². The molecule has 1 aliphatic rings. The van der Waals surface area contributed by atoms with Crippen molar-refractivity contribution in [3.05, 3.63) is 28.7 Å². The Morgan fingerprint density at radius 3 is 2.67 bits per heavy atom. The molecule has 5 nitrogen and oxygen atoms in total. The Balaban J connectivity index is 2.28. The molecule has 1 aromatic carbocycles. The van der Waals surface area contributed by atoms with Crippen LogP contribution in [0.25, 0.3) is 6.08 Å². The zero-order valence-corrected chi connectivity index (χ0v) is 13.3. The first-order chi connectivity index (χ1) is 10.1. The third-order valence-corrected chi connectivity index (χ3v) is 4.28. The van der Waals surface area contributed by atoms with Crippen LogP contribution in [0.1, 0.15) is 5.56 Å². The summed E-state index contributed by atoms with van der Waals surface area (Å²) in [6.45, 7) is 0.101. The van der Waals surface area contributed by atoms with E-state index in [0.717, 1.165) is 5.56 Å². The summed E-state index contributed by atoms with van der Waals surface area (Å²) in [4.78, 5) is 14.1. The van der Waals surface area contributed by atoms with Crippen molar-refractivity contribution in [3.8, 4) is 11.5 Å². The van der Waals surface area contributed by atoms with Crippen molar-refractivity contribution in [2.24, 2.45) is 0 Å². The van der Waals surface area contributed by atoms with Crippen molar-refractivity contribution >= 4 is 40.3 Å². The number of rotatable bonds is 5. The first-order valence-corrected chi connectivity index (χ1v) is 7.41. The molecule has 1 heterocycles. The van der Waals surface area contributed by atoms with Gasteiger partial charge in [0.05, 0.1) is 32.3 Å². The number of thioether (sulfide) groups is 1. The SMILES string of the molecule is COc1ccc(/C=C2\SC(=S)N(CCO)C2=O)cc1OC. The number of carbonyl (C=O) groups excluding carboxylic acids is 1. The quantitative estimate of drug-likeness (QED) is 0.659. The molecular formula is C14H15NO4S2. The Kier molecular flexibility index (Phi) is 5.22. The number of benzene rings is 1. The number of aliphatic hydroxyl groups is 1. The summed E-state index contributed by atoms with van der Waals surface area (Å²) >= 11 is 6.36. The summed E-state index contributed by atoms with van der Waals surface area (Å²) in [6, 6.07) is 5.40. The number of amides is 1. The zero-order chi connectivity index (χ0) is 15.4. The number of hydrogen-bond acceptors (Lipinski definition) is 6. The molecule has 1 saturated heterocycles. The number of β-amino-alcohol motifs (C(OH)–C–C–N with tert-alkyl or cyclic N) is 1. The summed E-state index contributed by atoms with van der Waals surface area (Å²) in [6.07, 6.45) is 1.75. The first kappa shape index (κ1) is 15.8. The van der Waals surface area contributed by atoms with Gasteiger partial charge in [0, 0.05) is 0 Å². The normalized spacial score (nSPS) is 16.7. The van der Waals surface area contributed by atoms with Crippen LogP contribution in [0.3, 0.4) is 0 Å². The minimum Gasteiger partial charge on any atom is -0.493 e. The molecule has 112 valence electrons. The number of carbonyl (C=O) groups is 1. The van der Waals surface area contributed by atoms with Crippen LogP contribution in [-0.4, -0.2) is 47.6 Å². The van der Waals surface area contributed by atoms with E-state index in [-0.39, 0.29) is 19.1 Å². The lowest BCUT2D eigenvalue weighted by Crippen LogP contribution is -2.30. The Hall–Kier alpha value is -1.57. The van der Waals surface area contributed by atoms with Crippen LogP contribution in [0.15, 0.2) is 23.1 Å². The Bertz CT molecular complexity index is 601. The Morgan fingerprint density at radius 2 is 2.05 bits per heavy atom. The van der Waals surface area contributed by atoms with E-state index >= 15 is 0 Å². The van der Waals surface area contributed by atoms with E-state index in [9.17, 15) is 4.79 Å². The lowest BCUT2D eigenvalue weighted by atomic mass is 10.2. The Morgan fingerprint density at radius 1 is 1.33 bits per heavy atom. The van der Waals surface area contributed by atoms with E-state index in [1.165, 1.54) is 16.7 Å². The maximum atomic E-state index is 12.2. The molecule has 1 N–H and O–H groups in total. The molecule has 1 aromatic rings. The zero-order valence-electron chi connectivity index (χ0n) is 11.7. The van der Waals surface area contributed by atoms with Gasteiger partial charge in [0.1, 0.15) is 4.32 Å². The highest BCUT2D eigenvalue weighted by molar-refractivity contribution is 8.26. The summed E-state index contributed by atoms with van der Waals surface area (Å²) in [5.74, 6) is 1.04. The maximum Gasteiger partial charge on any atom is 0.266 e. The van der Waals surface area contributed by atoms with Crippen molar-refractivity contribution in [1.82, 2.24) is 4.90 Å². The van der Waals surface area contributed by atoms with E-state index in [1.807, 2.05) is 6.07 Å². The van der Waals surface area contributed by atoms with Crippen LogP contribution < -0.4 is 9.47 Å². The van der Waals surface area contributed by atoms with Crippen LogP contribution in [-0.2, 0) is 4.79 Å². The molecular weight excluding hydrogens is 310 g/mol. The average molecular weight is 325 g/mol. The predicted molar refractivity (Wildman–Crippen MR) is 86.5 cm³/mol. The van der Waals surface area contributed by atoms with Crippen molar-refractivity contribution < 1.29 is 19.4 Å². The molecule has 1 fully saturated rings. The highest BCUT2D eigenvalue weighted by Crippen LogP contribution is 2.34. The predicted octanol–water partition coefficient (Wildman–Crippen LogP) is 1.90. The van der Waals surface area contributed by atoms with E-state index in [0.29, 0.717) is 20.7 Å². The van der Waals surface area contributed by atoms with Gasteiger partial charge in [-0.1, -0.05) is 30.0 Å². The highest BCUT2D eigenvalue weighted by Gasteiger charge is 2.31. The van der Waals surface area contributed by atoms with Gasteiger partial charge in [0.25, 0.3) is 5.91 Å². The van der Waals surface area contributed by atoms with Crippen molar-refractivity contribution in [3.63, 3.8) is 0 Å². The molecule has 7 heteroatoms. The van der Waals surface area contributed by atoms with Crippen LogP contribution in [0.2, 0.25) is 0 Å². The van der Waals surface area contributed by atoms with Crippen LogP contribution in [0, 0.1) is 0 Å². The van der Waals surface area contributed by atoms with Gasteiger partial charge < -0.3 is 14.6 Å². The number of aliphatic hydroxyl groups excluding tert-OH is 1. The van der Waals surface area contributed by atoms with Gasteiger partial charge in [0.15, 0.2) is 11.5 Å². The topological polar surface area (TPSA) is 59.0 Å². The fourth-order valence-corrected chi connectivity index (χ4v) is 3.20. The third-order valence-electron chi connectivity index (χ3n) is 2.90. The largest absolute Gasteiger partial charge is 0.493 e. The van der Waals surface area contributed by atoms with Crippen molar-refractivity contribution in [1.29, 1.82) is 0 Å². The lowest BCUT2D eigenvalue weighted by Gasteiger charge is -2.11. The van der Waals surface area contributed by atoms with Gasteiger partial charge in [-0.05, 0) is 23.8 Å². The fraction of sp³-hybridized carbons (Fsp3) is 0.286. The van der Waals surface area contributed by atoms with Crippen LogP contribution in [0.4, 0.5) is 0 Å². The second-order valence-corrected chi connectivity index (χ2v) is 5.85. The second kappa shape index (κ2) is 6.93. The minimum atomic E-state index is -0.186. The summed E-state index contributed by atoms with van der Waals surface area (Å²) < 4.78 is 10.9. The molecule has 1 amide bonds. The molecule has 0 spiro atoms. The van der Waals surface area contributed by atoms with Gasteiger partial charge in [-0.25, -0.2) is 0 Å². The molecule has 0 saturated carbocycles. The molecule has 2 rings (SSSR count). The molecule has 0 bridgehead atoms. The Labute approximate surface area is 132 Å². The lowest BCUT2D eigenvalue weighted by molar-refractivity contribution is -0.122. The third kappa shape index (κ3) is 3.37. The molecule has 0 aliphatic carbocycles. The van der Waals surface area contributed by atoms with E-state index in [1.54, 1.807) is 32.4 Å². The van der Waals surface area contributed by atoms with E-state index < -0.39 is 0 Å². The first-order valence-electron chi connectivity index (χ1n) is 6.19. The van der Waals surface area contributed by atoms with E-state index in [4.69, 9.17) is 26.8 Å². The van der Waals surface area contributed by atoms with Crippen LogP contribution >= 0.6 is 24.0 Å². The van der Waals surface area contributed by atoms with Gasteiger partial charge in [0.2, 0.25) is 0 Å². The van der Waals surface area contributed by atoms with Crippen molar-refractivity contribution in [2.45, 2.75) is 0 Å². The fourth-order valence-electron chi connectivity index (χ4n) is 1.89. The van der Waals surface area contributed by atoms with Crippen LogP contribution in [0.5, 0.6) is 11.5 Å². The van der Waals surface area contributed by atoms with Gasteiger partial charge in [-0.2, -0.15) is 0 Å². The maximum absolute atomic E-state index is 12.2. The van der Waals surface area contributed by atoms with Gasteiger partial charge in [-0.15, -0.1) is 0 Å². The number of nitrogens with zero attached hydrogens (tertiary/aromatic N) is 1. The van der Waals surface area contributed by atoms with Gasteiger partial charge in [-0.3, -0.25) is 9.69 Å². The summed E-state index contributed by atoms with van der Waals surface area (Å²) in [5.41, 5.74) is 0.817. The monoisotopic (exact) mass is 325 g/mol. The highest BCUT2D eigenvalue weighted by atomic mass is 32.2. The number of methoxy groups -OCH3 is 2. The average Bonchev–Trinajstić information content (AvgIpc) is 2.75. The standard InChI is InChI=1S/C14H15NO4S2/c1-18-10-4-3-9(7-11(10)19-2)8-12-13(17)15(5-6-16)14(20)21-12/h3-4,7-8,16H,5-6H2,1-2H3/b12-8-. The molecule has 0 radical (unpaired) electrons. The van der Waals surface area contributed by atoms with E-state index in [2.05, 4.69) is 0 Å². The summed E-state index contributed by atoms with van der Waals surface area (Å²) in [5, 5.41) is 8.95. The minimum absolute atomic E-state index is 0.115. The number of ether oxygens (including phenoxy) is 2. The van der Waals surface area contributed by atoms with Gasteiger partial charge >= 0.3 is 0 Å². The molecule has 0 unspecified atom stereocenters. The molecule has 0 aromatic heterocycles. The summed E-state index contributed by atoms with van der Waals surface area (Å²) in [7, 11) is 3.12. The number of thiocarbonyl (C=S) groups is 1. The molecule has 21 heavy (non-hydrogen) atoms.